The summed E-state index contributed by atoms with van der Waals surface area (Å²) in [5, 5.41) is 4.06. The summed E-state index contributed by atoms with van der Waals surface area (Å²) in [6.45, 7) is 0.943. The number of nitrogens with one attached hydrogen (secondary N) is 1. The molecule has 3 N–H and O–H groups in total. The van der Waals surface area contributed by atoms with Crippen LogP contribution in [0.25, 0.3) is 0 Å². The second-order valence-corrected chi connectivity index (χ2v) is 6.73. The highest BCUT2D eigenvalue weighted by Gasteiger charge is 2.14. The molecule has 92 valence electrons. The molecular weight excluding hydrogens is 270 g/mol. The number of hydrogen-bond acceptors (Lipinski definition) is 5. The van der Waals surface area contributed by atoms with Crippen molar-refractivity contribution in [2.45, 2.75) is 5.25 Å². The molecule has 1 atom stereocenters. The summed E-state index contributed by atoms with van der Waals surface area (Å²) < 4.78 is 0. The molecule has 2 rings (SSSR count). The maximum absolute atomic E-state index is 5.68. The Balaban J connectivity index is 1.96. The predicted octanol–water partition coefficient (Wildman–Crippen LogP) is 1.98. The Morgan fingerprint density at radius 3 is 3.18 bits per heavy atom. The third-order valence-corrected chi connectivity index (χ3v) is 5.56. The molecule has 3 nitrogen and oxygen atoms in total. The van der Waals surface area contributed by atoms with E-state index in [1.807, 2.05) is 29.6 Å². The predicted molar refractivity (Wildman–Crippen MR) is 82.2 cm³/mol. The van der Waals surface area contributed by atoms with Crippen molar-refractivity contribution in [3.05, 3.63) is 24.0 Å². The zero-order chi connectivity index (χ0) is 12.1. The first-order valence-corrected chi connectivity index (χ1v) is 8.05. The SMILES string of the molecule is NC(=S)c1ccncc1NCC1CSCCS1. The van der Waals surface area contributed by atoms with Crippen molar-refractivity contribution < 1.29 is 0 Å². The number of thioether (sulfide) groups is 2. The number of hydrogen-bond donors (Lipinski definition) is 2. The van der Waals surface area contributed by atoms with Crippen molar-refractivity contribution in [3.8, 4) is 0 Å². The van der Waals surface area contributed by atoms with Crippen molar-refractivity contribution in [3.63, 3.8) is 0 Å². The molecule has 1 unspecified atom stereocenters. The lowest BCUT2D eigenvalue weighted by molar-refractivity contribution is 1.00. The molecule has 0 aromatic carbocycles. The normalized spacial score (nSPS) is 19.9. The number of nitrogens with two attached hydrogens (primary N) is 1. The summed E-state index contributed by atoms with van der Waals surface area (Å²) in [6, 6.07) is 1.85. The summed E-state index contributed by atoms with van der Waals surface area (Å²) in [6.07, 6.45) is 3.50. The summed E-state index contributed by atoms with van der Waals surface area (Å²) >= 11 is 9.07. The van der Waals surface area contributed by atoms with Gasteiger partial charge in [-0.25, -0.2) is 0 Å². The van der Waals surface area contributed by atoms with Gasteiger partial charge in [0.1, 0.15) is 4.99 Å². The van der Waals surface area contributed by atoms with Crippen LogP contribution >= 0.6 is 35.7 Å². The molecule has 1 fully saturated rings. The highest BCUT2D eigenvalue weighted by molar-refractivity contribution is 8.06. The molecule has 0 bridgehead atoms. The monoisotopic (exact) mass is 285 g/mol. The van der Waals surface area contributed by atoms with Gasteiger partial charge >= 0.3 is 0 Å². The highest BCUT2D eigenvalue weighted by Crippen LogP contribution is 2.24. The van der Waals surface area contributed by atoms with Crippen molar-refractivity contribution in [1.29, 1.82) is 0 Å². The molecule has 1 aliphatic heterocycles. The summed E-state index contributed by atoms with van der Waals surface area (Å²) in [5.74, 6) is 3.72. The van der Waals surface area contributed by atoms with Gasteiger partial charge in [-0.1, -0.05) is 12.2 Å². The van der Waals surface area contributed by atoms with E-state index < -0.39 is 0 Å². The van der Waals surface area contributed by atoms with Crippen LogP contribution < -0.4 is 11.1 Å². The molecule has 1 aromatic heterocycles. The largest absolute Gasteiger partial charge is 0.389 e. The lowest BCUT2D eigenvalue weighted by Gasteiger charge is -2.22. The Labute approximate surface area is 115 Å². The van der Waals surface area contributed by atoms with Crippen molar-refractivity contribution in [2.75, 3.05) is 29.1 Å². The van der Waals surface area contributed by atoms with E-state index in [4.69, 9.17) is 18.0 Å². The smallest absolute Gasteiger partial charge is 0.106 e. The van der Waals surface area contributed by atoms with Crippen LogP contribution in [0.5, 0.6) is 0 Å². The van der Waals surface area contributed by atoms with E-state index in [2.05, 4.69) is 10.3 Å². The molecule has 0 amide bonds. The molecule has 1 saturated heterocycles. The van der Waals surface area contributed by atoms with E-state index in [9.17, 15) is 0 Å². The Kier molecular flexibility index (Phi) is 4.94. The van der Waals surface area contributed by atoms with Gasteiger partial charge < -0.3 is 11.1 Å². The average molecular weight is 285 g/mol. The first-order chi connectivity index (χ1) is 8.27. The van der Waals surface area contributed by atoms with Gasteiger partial charge in [0.2, 0.25) is 0 Å². The molecule has 0 saturated carbocycles. The first kappa shape index (κ1) is 13.0. The van der Waals surface area contributed by atoms with Crippen molar-refractivity contribution in [2.24, 2.45) is 5.73 Å². The molecule has 6 heteroatoms. The fraction of sp³-hybridized carbons (Fsp3) is 0.455. The molecule has 2 heterocycles. The van der Waals surface area contributed by atoms with Crippen LogP contribution in [-0.4, -0.2) is 39.0 Å². The fourth-order valence-electron chi connectivity index (χ4n) is 1.63. The molecule has 0 aliphatic carbocycles. The van der Waals surface area contributed by atoms with Crippen molar-refractivity contribution in [1.82, 2.24) is 4.98 Å². The molecule has 0 spiro atoms. The van der Waals surface area contributed by atoms with Gasteiger partial charge in [-0.05, 0) is 6.07 Å². The average Bonchev–Trinajstić information content (AvgIpc) is 2.38. The van der Waals surface area contributed by atoms with E-state index in [1.54, 1.807) is 12.4 Å². The summed E-state index contributed by atoms with van der Waals surface area (Å²) in [5.41, 5.74) is 7.50. The number of rotatable bonds is 4. The molecule has 1 aliphatic rings. The van der Waals surface area contributed by atoms with Crippen LogP contribution in [-0.2, 0) is 0 Å². The second kappa shape index (κ2) is 6.47. The summed E-state index contributed by atoms with van der Waals surface area (Å²) in [7, 11) is 0. The Morgan fingerprint density at radius 2 is 2.47 bits per heavy atom. The Hall–Kier alpha value is -0.460. The fourth-order valence-corrected chi connectivity index (χ4v) is 4.42. The standard InChI is InChI=1S/C11H15N3S3/c12-11(15)9-1-2-13-6-10(9)14-5-8-7-16-3-4-17-8/h1-2,6,8,14H,3-5,7H2,(H2,12,15). The Bertz CT molecular complexity index is 391. The van der Waals surface area contributed by atoms with E-state index in [-0.39, 0.29) is 0 Å². The van der Waals surface area contributed by atoms with Gasteiger partial charge in [0, 0.05) is 40.8 Å². The van der Waals surface area contributed by atoms with Crippen LogP contribution in [0.2, 0.25) is 0 Å². The molecule has 1 aromatic rings. The van der Waals surface area contributed by atoms with Crippen LogP contribution in [0.1, 0.15) is 5.56 Å². The number of anilines is 1. The van der Waals surface area contributed by atoms with Crippen LogP contribution in [0, 0.1) is 0 Å². The number of pyridine rings is 1. The van der Waals surface area contributed by atoms with Gasteiger partial charge in [0.15, 0.2) is 0 Å². The van der Waals surface area contributed by atoms with E-state index in [0.717, 1.165) is 17.8 Å². The van der Waals surface area contributed by atoms with E-state index in [1.165, 1.54) is 17.3 Å². The van der Waals surface area contributed by atoms with Gasteiger partial charge in [-0.2, -0.15) is 23.5 Å². The van der Waals surface area contributed by atoms with Crippen molar-refractivity contribution >= 4 is 46.4 Å². The second-order valence-electron chi connectivity index (χ2n) is 3.73. The van der Waals surface area contributed by atoms with E-state index in [0.29, 0.717) is 10.2 Å². The van der Waals surface area contributed by atoms with Gasteiger partial charge in [0.05, 0.1) is 11.9 Å². The molecular formula is C11H15N3S3. The number of nitrogens with zero attached hydrogens (tertiary/aromatic N) is 1. The third-order valence-electron chi connectivity index (χ3n) is 2.49. The van der Waals surface area contributed by atoms with Gasteiger partial charge in [-0.15, -0.1) is 0 Å². The minimum atomic E-state index is 0.417. The molecule has 17 heavy (non-hydrogen) atoms. The lowest BCUT2D eigenvalue weighted by atomic mass is 10.2. The summed E-state index contributed by atoms with van der Waals surface area (Å²) in [4.78, 5) is 4.52. The van der Waals surface area contributed by atoms with E-state index >= 15 is 0 Å². The topological polar surface area (TPSA) is 50.9 Å². The highest BCUT2D eigenvalue weighted by atomic mass is 32.2. The van der Waals surface area contributed by atoms with Crippen LogP contribution in [0.3, 0.4) is 0 Å². The number of thiocarbonyl (C=S) groups is 1. The van der Waals surface area contributed by atoms with Gasteiger partial charge in [-0.3, -0.25) is 4.98 Å². The van der Waals surface area contributed by atoms with Gasteiger partial charge in [0.25, 0.3) is 0 Å². The maximum Gasteiger partial charge on any atom is 0.106 e. The zero-order valence-electron chi connectivity index (χ0n) is 9.39. The minimum absolute atomic E-state index is 0.417. The van der Waals surface area contributed by atoms with Crippen LogP contribution in [0.15, 0.2) is 18.5 Å². The third kappa shape index (κ3) is 3.76. The van der Waals surface area contributed by atoms with Crippen LogP contribution in [0.4, 0.5) is 5.69 Å². The minimum Gasteiger partial charge on any atom is -0.389 e. The Morgan fingerprint density at radius 1 is 1.59 bits per heavy atom. The first-order valence-electron chi connectivity index (χ1n) is 5.44. The quantitative estimate of drug-likeness (QED) is 0.825. The molecule has 0 radical (unpaired) electrons. The zero-order valence-corrected chi connectivity index (χ0v) is 11.8. The number of aromatic nitrogens is 1. The maximum atomic E-state index is 5.68. The lowest BCUT2D eigenvalue weighted by Crippen LogP contribution is -2.24.